The zero-order valence-corrected chi connectivity index (χ0v) is 14.2. The molecule has 0 aromatic heterocycles. The summed E-state index contributed by atoms with van der Waals surface area (Å²) in [5, 5.41) is 0. The first kappa shape index (κ1) is 19.0. The molecular formula is C18H26O5. The van der Waals surface area contributed by atoms with Crippen LogP contribution in [-0.2, 0) is 20.6 Å². The average Bonchev–Trinajstić information content (AvgIpc) is 2.53. The number of aryl methyl sites for hydroxylation is 1. The van der Waals surface area contributed by atoms with Gasteiger partial charge in [0.25, 0.3) is 0 Å². The number of carbonyl (C=O) groups is 2. The molecule has 0 saturated carbocycles. The van der Waals surface area contributed by atoms with Crippen molar-refractivity contribution in [3.8, 4) is 0 Å². The van der Waals surface area contributed by atoms with Gasteiger partial charge in [-0.1, -0.05) is 25.5 Å². The van der Waals surface area contributed by atoms with E-state index >= 15 is 0 Å². The normalized spacial score (nSPS) is 11.6. The van der Waals surface area contributed by atoms with E-state index in [4.69, 9.17) is 9.47 Å². The van der Waals surface area contributed by atoms with Crippen molar-refractivity contribution in [1.29, 1.82) is 0 Å². The molecule has 0 aliphatic heterocycles. The predicted octanol–water partition coefficient (Wildman–Crippen LogP) is 4.14. The van der Waals surface area contributed by atoms with E-state index in [0.717, 1.165) is 19.3 Å². The summed E-state index contributed by atoms with van der Waals surface area (Å²) in [7, 11) is 0. The van der Waals surface area contributed by atoms with Crippen molar-refractivity contribution >= 4 is 12.1 Å². The van der Waals surface area contributed by atoms with Crippen molar-refractivity contribution < 1.29 is 23.8 Å². The molecule has 0 aliphatic carbocycles. The molecule has 5 nitrogen and oxygen atoms in total. The highest BCUT2D eigenvalue weighted by Gasteiger charge is 2.13. The average molecular weight is 322 g/mol. The highest BCUT2D eigenvalue weighted by molar-refractivity contribution is 5.89. The second kappa shape index (κ2) is 10.6. The fourth-order valence-corrected chi connectivity index (χ4v) is 1.97. The largest absolute Gasteiger partial charge is 0.508 e. The Labute approximate surface area is 137 Å². The van der Waals surface area contributed by atoms with Crippen LogP contribution in [0.1, 0.15) is 56.0 Å². The summed E-state index contributed by atoms with van der Waals surface area (Å²) in [6.07, 6.45) is 2.70. The lowest BCUT2D eigenvalue weighted by Crippen LogP contribution is -2.18. The number of hydrogen-bond donors (Lipinski definition) is 0. The Kier molecular flexibility index (Phi) is 8.80. The van der Waals surface area contributed by atoms with Gasteiger partial charge in [-0.15, -0.1) is 0 Å². The second-order valence-electron chi connectivity index (χ2n) is 5.34. The van der Waals surface area contributed by atoms with Gasteiger partial charge in [-0.3, -0.25) is 0 Å². The van der Waals surface area contributed by atoms with Gasteiger partial charge >= 0.3 is 12.1 Å². The first-order valence-electron chi connectivity index (χ1n) is 8.16. The summed E-state index contributed by atoms with van der Waals surface area (Å²) in [6, 6.07) is 7.49. The molecule has 1 rings (SSSR count). The molecule has 0 aliphatic rings. The number of unbranched alkanes of at least 4 members (excludes halogenated alkanes) is 1. The number of benzene rings is 1. The van der Waals surface area contributed by atoms with Gasteiger partial charge in [-0.2, -0.15) is 0 Å². The summed E-state index contributed by atoms with van der Waals surface area (Å²) in [5.74, 6) is -0.365. The maximum Gasteiger partial charge on any atom is 0.508 e. The van der Waals surface area contributed by atoms with Crippen molar-refractivity contribution in [2.24, 2.45) is 0 Å². The van der Waals surface area contributed by atoms with Crippen molar-refractivity contribution in [2.75, 3.05) is 13.2 Å². The monoisotopic (exact) mass is 322 g/mol. The van der Waals surface area contributed by atoms with Crippen LogP contribution in [0, 0.1) is 0 Å². The molecule has 1 unspecified atom stereocenters. The van der Waals surface area contributed by atoms with Crippen LogP contribution in [0.3, 0.4) is 0 Å². The standard InChI is InChI=1S/C18H26O5/c1-4-6-7-15-8-10-16(11-9-15)17(19)23-14(3)12-13-22-18(20)21-5-2/h8-11,14H,4-7,12-13H2,1-3H3. The molecule has 0 heterocycles. The van der Waals surface area contributed by atoms with Crippen LogP contribution in [0.2, 0.25) is 0 Å². The first-order valence-corrected chi connectivity index (χ1v) is 8.16. The lowest BCUT2D eigenvalue weighted by molar-refractivity contribution is 0.0212. The van der Waals surface area contributed by atoms with Crippen molar-refractivity contribution in [3.05, 3.63) is 35.4 Å². The SMILES string of the molecule is CCCCc1ccc(C(=O)OC(C)CCOC(=O)OCC)cc1. The minimum absolute atomic E-state index is 0.156. The van der Waals surface area contributed by atoms with E-state index in [1.807, 2.05) is 12.1 Å². The van der Waals surface area contributed by atoms with Crippen molar-refractivity contribution in [1.82, 2.24) is 0 Å². The van der Waals surface area contributed by atoms with Gasteiger partial charge in [0.15, 0.2) is 0 Å². The number of carbonyl (C=O) groups excluding carboxylic acids is 2. The molecule has 0 saturated heterocycles. The van der Waals surface area contributed by atoms with Gasteiger partial charge in [-0.25, -0.2) is 9.59 Å². The molecule has 23 heavy (non-hydrogen) atoms. The zero-order chi connectivity index (χ0) is 17.1. The fraction of sp³-hybridized carbons (Fsp3) is 0.556. The third kappa shape index (κ3) is 7.68. The van der Waals surface area contributed by atoms with Gasteiger partial charge < -0.3 is 14.2 Å². The number of esters is 1. The molecule has 0 N–H and O–H groups in total. The van der Waals surface area contributed by atoms with Crippen molar-refractivity contribution in [3.63, 3.8) is 0 Å². The summed E-state index contributed by atoms with van der Waals surface area (Å²) in [5.41, 5.74) is 1.75. The van der Waals surface area contributed by atoms with E-state index in [1.54, 1.807) is 26.0 Å². The lowest BCUT2D eigenvalue weighted by atomic mass is 10.1. The quantitative estimate of drug-likeness (QED) is 0.639. The van der Waals surface area contributed by atoms with Crippen LogP contribution >= 0.6 is 0 Å². The highest BCUT2D eigenvalue weighted by Crippen LogP contribution is 2.11. The van der Waals surface area contributed by atoms with Crippen LogP contribution in [0.15, 0.2) is 24.3 Å². The van der Waals surface area contributed by atoms with E-state index in [0.29, 0.717) is 12.0 Å². The Morgan fingerprint density at radius 3 is 2.39 bits per heavy atom. The number of hydrogen-bond acceptors (Lipinski definition) is 5. The smallest absolute Gasteiger partial charge is 0.459 e. The Morgan fingerprint density at radius 2 is 1.78 bits per heavy atom. The predicted molar refractivity (Wildman–Crippen MR) is 87.5 cm³/mol. The van der Waals surface area contributed by atoms with Gasteiger partial charge in [0.05, 0.1) is 18.8 Å². The third-order valence-electron chi connectivity index (χ3n) is 3.32. The maximum atomic E-state index is 12.0. The zero-order valence-electron chi connectivity index (χ0n) is 14.2. The van der Waals surface area contributed by atoms with E-state index < -0.39 is 6.16 Å². The molecule has 5 heteroatoms. The van der Waals surface area contributed by atoms with Gasteiger partial charge in [0.2, 0.25) is 0 Å². The van der Waals surface area contributed by atoms with Crippen LogP contribution in [0.5, 0.6) is 0 Å². The van der Waals surface area contributed by atoms with Crippen LogP contribution in [-0.4, -0.2) is 31.4 Å². The molecule has 0 radical (unpaired) electrons. The first-order chi connectivity index (χ1) is 11.1. The number of ether oxygens (including phenoxy) is 3. The highest BCUT2D eigenvalue weighted by atomic mass is 16.7. The molecule has 1 atom stereocenters. The fourth-order valence-electron chi connectivity index (χ4n) is 1.97. The topological polar surface area (TPSA) is 61.8 Å². The Morgan fingerprint density at radius 1 is 1.09 bits per heavy atom. The van der Waals surface area contributed by atoms with E-state index in [9.17, 15) is 9.59 Å². The Hall–Kier alpha value is -2.04. The van der Waals surface area contributed by atoms with Crippen LogP contribution in [0.4, 0.5) is 4.79 Å². The minimum atomic E-state index is -0.700. The minimum Gasteiger partial charge on any atom is -0.459 e. The summed E-state index contributed by atoms with van der Waals surface area (Å²) >= 11 is 0. The van der Waals surface area contributed by atoms with Gasteiger partial charge in [0, 0.05) is 6.42 Å². The van der Waals surface area contributed by atoms with Crippen LogP contribution in [0.25, 0.3) is 0 Å². The molecule has 128 valence electrons. The number of rotatable bonds is 9. The molecule has 1 aromatic rings. The lowest BCUT2D eigenvalue weighted by Gasteiger charge is -2.13. The Bertz CT molecular complexity index is 481. The van der Waals surface area contributed by atoms with Gasteiger partial charge in [0.1, 0.15) is 6.10 Å². The van der Waals surface area contributed by atoms with E-state index in [2.05, 4.69) is 11.7 Å². The second-order valence-corrected chi connectivity index (χ2v) is 5.34. The molecule has 0 fully saturated rings. The molecular weight excluding hydrogens is 296 g/mol. The molecule has 0 bridgehead atoms. The van der Waals surface area contributed by atoms with E-state index in [1.165, 1.54) is 5.56 Å². The summed E-state index contributed by atoms with van der Waals surface area (Å²) in [4.78, 5) is 23.0. The third-order valence-corrected chi connectivity index (χ3v) is 3.32. The molecule has 0 spiro atoms. The molecule has 1 aromatic carbocycles. The Balaban J connectivity index is 2.35. The summed E-state index contributed by atoms with van der Waals surface area (Å²) in [6.45, 7) is 6.06. The van der Waals surface area contributed by atoms with Crippen molar-refractivity contribution in [2.45, 2.75) is 52.6 Å². The van der Waals surface area contributed by atoms with Gasteiger partial charge in [-0.05, 0) is 44.4 Å². The maximum absolute atomic E-state index is 12.0. The molecule has 0 amide bonds. The van der Waals surface area contributed by atoms with E-state index in [-0.39, 0.29) is 25.3 Å². The summed E-state index contributed by atoms with van der Waals surface area (Å²) < 4.78 is 14.8. The van der Waals surface area contributed by atoms with Crippen LogP contribution < -0.4 is 0 Å².